The molecule has 3 heteroatoms. The molecule has 0 bridgehead atoms. The summed E-state index contributed by atoms with van der Waals surface area (Å²) in [4.78, 5) is 0. The lowest BCUT2D eigenvalue weighted by Crippen LogP contribution is -2.14. The predicted octanol–water partition coefficient (Wildman–Crippen LogP) is -0.770. The molecular formula is C5H12NO2. The van der Waals surface area contributed by atoms with Crippen molar-refractivity contribution in [3.63, 3.8) is 0 Å². The monoisotopic (exact) mass is 118 g/mol. The van der Waals surface area contributed by atoms with Crippen LogP contribution < -0.4 is 5.32 Å². The van der Waals surface area contributed by atoms with Crippen LogP contribution in [-0.4, -0.2) is 38.5 Å². The van der Waals surface area contributed by atoms with Crippen molar-refractivity contribution in [3.05, 3.63) is 0 Å². The van der Waals surface area contributed by atoms with Crippen LogP contribution in [0.5, 0.6) is 0 Å². The van der Waals surface area contributed by atoms with Gasteiger partial charge in [-0.05, 0) is 0 Å². The Labute approximate surface area is 49.7 Å². The van der Waals surface area contributed by atoms with Crippen molar-refractivity contribution in [3.8, 4) is 0 Å². The summed E-state index contributed by atoms with van der Waals surface area (Å²) >= 11 is 0. The van der Waals surface area contributed by atoms with Crippen molar-refractivity contribution < 1.29 is 9.84 Å². The number of hydrogen-bond donors (Lipinski definition) is 1. The standard InChI is InChI=1S/C5H12NO2/c1-8-5-3-6-2-4-7/h7H,2-5H2,1H3. The molecule has 0 aromatic heterocycles. The van der Waals surface area contributed by atoms with E-state index in [4.69, 9.17) is 9.84 Å². The van der Waals surface area contributed by atoms with Gasteiger partial charge in [-0.2, -0.15) is 0 Å². The van der Waals surface area contributed by atoms with Gasteiger partial charge in [0.25, 0.3) is 0 Å². The van der Waals surface area contributed by atoms with Gasteiger partial charge < -0.3 is 9.84 Å². The zero-order chi connectivity index (χ0) is 6.24. The SMILES string of the molecule is COCC[N]CCO. The Balaban J connectivity index is 2.53. The van der Waals surface area contributed by atoms with E-state index in [0.29, 0.717) is 19.7 Å². The number of nitrogens with zero attached hydrogens (tertiary/aromatic N) is 1. The Bertz CT molecular complexity index is 35.4. The fourth-order valence-corrected chi connectivity index (χ4v) is 0.338. The molecule has 0 heterocycles. The summed E-state index contributed by atoms with van der Waals surface area (Å²) < 4.78 is 4.71. The fraction of sp³-hybridized carbons (Fsp3) is 1.00. The second kappa shape index (κ2) is 6.88. The molecule has 0 aliphatic heterocycles. The Morgan fingerprint density at radius 1 is 1.50 bits per heavy atom. The number of methoxy groups -OCH3 is 1. The molecule has 0 aromatic rings. The van der Waals surface area contributed by atoms with Crippen molar-refractivity contribution in [2.24, 2.45) is 0 Å². The normalized spacial score (nSPS) is 9.75. The number of aliphatic hydroxyl groups is 1. The molecular weight excluding hydrogens is 106 g/mol. The third-order valence-electron chi connectivity index (χ3n) is 0.712. The summed E-state index contributed by atoms with van der Waals surface area (Å²) in [6, 6.07) is 0. The van der Waals surface area contributed by atoms with E-state index in [0.717, 1.165) is 0 Å². The van der Waals surface area contributed by atoms with Crippen LogP contribution >= 0.6 is 0 Å². The molecule has 1 N–H and O–H groups in total. The van der Waals surface area contributed by atoms with E-state index in [9.17, 15) is 0 Å². The Kier molecular flexibility index (Phi) is 6.78. The van der Waals surface area contributed by atoms with Crippen molar-refractivity contribution in [1.82, 2.24) is 5.32 Å². The lowest BCUT2D eigenvalue weighted by Gasteiger charge is -1.96. The van der Waals surface area contributed by atoms with Crippen LogP contribution in [0, 0.1) is 0 Å². The minimum Gasteiger partial charge on any atom is -0.395 e. The molecule has 0 spiro atoms. The number of ether oxygens (including phenoxy) is 1. The average molecular weight is 118 g/mol. The maximum Gasteiger partial charge on any atom is 0.0603 e. The van der Waals surface area contributed by atoms with Crippen molar-refractivity contribution in [2.75, 3.05) is 33.4 Å². The topological polar surface area (TPSA) is 43.6 Å². The second-order valence-electron chi connectivity index (χ2n) is 1.39. The van der Waals surface area contributed by atoms with Gasteiger partial charge in [-0.25, -0.2) is 5.32 Å². The molecule has 1 radical (unpaired) electrons. The highest BCUT2D eigenvalue weighted by Crippen LogP contribution is 1.64. The molecule has 0 fully saturated rings. The first-order chi connectivity index (χ1) is 3.91. The molecule has 0 amide bonds. The molecule has 0 rings (SSSR count). The predicted molar refractivity (Wildman–Crippen MR) is 30.8 cm³/mol. The quantitative estimate of drug-likeness (QED) is 0.482. The Hall–Kier alpha value is -0.120. The lowest BCUT2D eigenvalue weighted by molar-refractivity contribution is 0.194. The van der Waals surface area contributed by atoms with Crippen LogP contribution in [0.15, 0.2) is 0 Å². The molecule has 0 aliphatic carbocycles. The highest BCUT2D eigenvalue weighted by atomic mass is 16.5. The van der Waals surface area contributed by atoms with Gasteiger partial charge in [-0.15, -0.1) is 0 Å². The van der Waals surface area contributed by atoms with E-state index in [1.807, 2.05) is 0 Å². The molecule has 0 saturated heterocycles. The molecule has 0 aromatic carbocycles. The van der Waals surface area contributed by atoms with Crippen LogP contribution in [-0.2, 0) is 4.74 Å². The van der Waals surface area contributed by atoms with Crippen LogP contribution in [0.1, 0.15) is 0 Å². The third-order valence-corrected chi connectivity index (χ3v) is 0.712. The maximum atomic E-state index is 8.23. The van der Waals surface area contributed by atoms with E-state index in [-0.39, 0.29) is 6.61 Å². The summed E-state index contributed by atoms with van der Waals surface area (Å²) in [6.45, 7) is 2.02. The number of rotatable bonds is 5. The Morgan fingerprint density at radius 3 is 2.75 bits per heavy atom. The molecule has 0 saturated carbocycles. The van der Waals surface area contributed by atoms with Gasteiger partial charge in [0.05, 0.1) is 13.2 Å². The summed E-state index contributed by atoms with van der Waals surface area (Å²) in [5.41, 5.74) is 0. The Morgan fingerprint density at radius 2 is 2.25 bits per heavy atom. The van der Waals surface area contributed by atoms with Gasteiger partial charge >= 0.3 is 0 Å². The average Bonchev–Trinajstić information content (AvgIpc) is 1.81. The smallest absolute Gasteiger partial charge is 0.0603 e. The van der Waals surface area contributed by atoms with E-state index in [2.05, 4.69) is 5.32 Å². The summed E-state index contributed by atoms with van der Waals surface area (Å²) in [5.74, 6) is 0. The van der Waals surface area contributed by atoms with E-state index in [1.54, 1.807) is 7.11 Å². The molecule has 8 heavy (non-hydrogen) atoms. The minimum atomic E-state index is 0.143. The zero-order valence-electron chi connectivity index (χ0n) is 5.13. The first kappa shape index (κ1) is 7.88. The van der Waals surface area contributed by atoms with Gasteiger partial charge in [0.1, 0.15) is 0 Å². The third kappa shape index (κ3) is 5.88. The zero-order valence-corrected chi connectivity index (χ0v) is 5.13. The molecule has 0 atom stereocenters. The van der Waals surface area contributed by atoms with Gasteiger partial charge in [-0.1, -0.05) is 0 Å². The van der Waals surface area contributed by atoms with Gasteiger partial charge in [0, 0.05) is 20.2 Å². The minimum absolute atomic E-state index is 0.143. The second-order valence-corrected chi connectivity index (χ2v) is 1.39. The summed E-state index contributed by atoms with van der Waals surface area (Å²) in [6.07, 6.45) is 0. The molecule has 0 aliphatic rings. The van der Waals surface area contributed by atoms with Crippen LogP contribution in [0.25, 0.3) is 0 Å². The van der Waals surface area contributed by atoms with Gasteiger partial charge in [-0.3, -0.25) is 0 Å². The largest absolute Gasteiger partial charge is 0.395 e. The molecule has 0 unspecified atom stereocenters. The first-order valence-electron chi connectivity index (χ1n) is 2.65. The molecule has 49 valence electrons. The fourth-order valence-electron chi connectivity index (χ4n) is 0.338. The van der Waals surface area contributed by atoms with E-state index >= 15 is 0 Å². The highest BCUT2D eigenvalue weighted by Gasteiger charge is 1.83. The van der Waals surface area contributed by atoms with Gasteiger partial charge in [0.2, 0.25) is 0 Å². The van der Waals surface area contributed by atoms with E-state index < -0.39 is 0 Å². The number of aliphatic hydroxyl groups excluding tert-OH is 1. The summed E-state index contributed by atoms with van der Waals surface area (Å²) in [7, 11) is 1.63. The number of hydrogen-bond acceptors (Lipinski definition) is 2. The maximum absolute atomic E-state index is 8.23. The van der Waals surface area contributed by atoms with Crippen LogP contribution in [0.2, 0.25) is 0 Å². The highest BCUT2D eigenvalue weighted by molar-refractivity contribution is 4.40. The van der Waals surface area contributed by atoms with Crippen LogP contribution in [0.3, 0.4) is 0 Å². The van der Waals surface area contributed by atoms with Crippen molar-refractivity contribution in [1.29, 1.82) is 0 Å². The first-order valence-corrected chi connectivity index (χ1v) is 2.65. The van der Waals surface area contributed by atoms with Crippen LogP contribution in [0.4, 0.5) is 0 Å². The van der Waals surface area contributed by atoms with Gasteiger partial charge in [0.15, 0.2) is 0 Å². The lowest BCUT2D eigenvalue weighted by atomic mass is 10.6. The summed E-state index contributed by atoms with van der Waals surface area (Å²) in [5, 5.41) is 12.1. The van der Waals surface area contributed by atoms with Crippen molar-refractivity contribution in [2.45, 2.75) is 0 Å². The van der Waals surface area contributed by atoms with E-state index in [1.165, 1.54) is 0 Å². The van der Waals surface area contributed by atoms with Crippen molar-refractivity contribution >= 4 is 0 Å². The molecule has 3 nitrogen and oxygen atoms in total.